The molecule has 0 aliphatic heterocycles. The lowest BCUT2D eigenvalue weighted by Crippen LogP contribution is -2.37. The molecular formula is C18H22N2O4S. The van der Waals surface area contributed by atoms with Gasteiger partial charge in [0.15, 0.2) is 0 Å². The molecule has 2 N–H and O–H groups in total. The number of nitrogens with one attached hydrogen (secondary N) is 2. The van der Waals surface area contributed by atoms with Gasteiger partial charge in [-0.1, -0.05) is 30.3 Å². The highest BCUT2D eigenvalue weighted by molar-refractivity contribution is 7.89. The molecule has 0 unspecified atom stereocenters. The van der Waals surface area contributed by atoms with Gasteiger partial charge in [0.25, 0.3) is 0 Å². The van der Waals surface area contributed by atoms with Crippen molar-refractivity contribution in [1.29, 1.82) is 0 Å². The first-order valence-electron chi connectivity index (χ1n) is 7.87. The van der Waals surface area contributed by atoms with Crippen LogP contribution in [0, 0.1) is 6.92 Å². The number of amides is 1. The summed E-state index contributed by atoms with van der Waals surface area (Å²) >= 11 is 0. The molecular weight excluding hydrogens is 340 g/mol. The minimum Gasteiger partial charge on any atom is -0.497 e. The van der Waals surface area contributed by atoms with Crippen LogP contribution in [-0.4, -0.2) is 34.5 Å². The molecule has 25 heavy (non-hydrogen) atoms. The SMILES string of the molecule is COc1ccc(CCNC(=O)CNS(=O)(=O)c2ccccc2C)cc1. The molecule has 0 radical (unpaired) electrons. The molecule has 0 aliphatic rings. The lowest BCUT2D eigenvalue weighted by molar-refractivity contribution is -0.119. The Bertz CT molecular complexity index is 817. The normalized spacial score (nSPS) is 11.1. The van der Waals surface area contributed by atoms with Gasteiger partial charge < -0.3 is 10.1 Å². The average Bonchev–Trinajstić information content (AvgIpc) is 2.61. The van der Waals surface area contributed by atoms with Crippen LogP contribution >= 0.6 is 0 Å². The number of hydrogen-bond donors (Lipinski definition) is 2. The maximum absolute atomic E-state index is 12.2. The number of hydrogen-bond acceptors (Lipinski definition) is 4. The lowest BCUT2D eigenvalue weighted by Gasteiger charge is -2.10. The molecule has 0 aliphatic carbocycles. The van der Waals surface area contributed by atoms with Crippen LogP contribution in [0.1, 0.15) is 11.1 Å². The fourth-order valence-electron chi connectivity index (χ4n) is 2.30. The fourth-order valence-corrected chi connectivity index (χ4v) is 3.52. The second kappa shape index (κ2) is 8.64. The highest BCUT2D eigenvalue weighted by Crippen LogP contribution is 2.13. The zero-order chi connectivity index (χ0) is 18.3. The summed E-state index contributed by atoms with van der Waals surface area (Å²) in [6.45, 7) is 1.85. The van der Waals surface area contributed by atoms with Crippen molar-refractivity contribution >= 4 is 15.9 Å². The number of carbonyl (C=O) groups is 1. The lowest BCUT2D eigenvalue weighted by atomic mass is 10.1. The number of sulfonamides is 1. The fraction of sp³-hybridized carbons (Fsp3) is 0.278. The van der Waals surface area contributed by atoms with E-state index in [0.717, 1.165) is 11.3 Å². The van der Waals surface area contributed by atoms with Gasteiger partial charge in [-0.05, 0) is 42.7 Å². The van der Waals surface area contributed by atoms with E-state index in [1.165, 1.54) is 6.07 Å². The summed E-state index contributed by atoms with van der Waals surface area (Å²) in [5.74, 6) is 0.407. The summed E-state index contributed by atoms with van der Waals surface area (Å²) < 4.78 is 31.8. The standard InChI is InChI=1S/C18H22N2O4S/c1-14-5-3-4-6-17(14)25(22,23)20-13-18(21)19-12-11-15-7-9-16(24-2)10-8-15/h3-10,20H,11-13H2,1-2H3,(H,19,21). The van der Waals surface area contributed by atoms with Gasteiger partial charge in [0, 0.05) is 6.54 Å². The predicted molar refractivity (Wildman–Crippen MR) is 96.1 cm³/mol. The van der Waals surface area contributed by atoms with Gasteiger partial charge in [-0.2, -0.15) is 0 Å². The molecule has 6 nitrogen and oxygen atoms in total. The first kappa shape index (κ1) is 19.0. The topological polar surface area (TPSA) is 84.5 Å². The summed E-state index contributed by atoms with van der Waals surface area (Å²) in [6.07, 6.45) is 0.653. The van der Waals surface area contributed by atoms with Crippen LogP contribution in [0.25, 0.3) is 0 Å². The molecule has 0 atom stereocenters. The Morgan fingerprint density at radius 3 is 2.40 bits per heavy atom. The minimum absolute atomic E-state index is 0.182. The number of methoxy groups -OCH3 is 1. The Morgan fingerprint density at radius 2 is 1.76 bits per heavy atom. The quantitative estimate of drug-likeness (QED) is 0.748. The number of aryl methyl sites for hydroxylation is 1. The zero-order valence-corrected chi connectivity index (χ0v) is 15.1. The molecule has 0 spiro atoms. The van der Waals surface area contributed by atoms with E-state index < -0.39 is 10.0 Å². The first-order valence-corrected chi connectivity index (χ1v) is 9.35. The molecule has 2 aromatic rings. The number of ether oxygens (including phenoxy) is 1. The van der Waals surface area contributed by atoms with Crippen molar-refractivity contribution in [2.75, 3.05) is 20.2 Å². The average molecular weight is 362 g/mol. The molecule has 0 saturated heterocycles. The summed E-state index contributed by atoms with van der Waals surface area (Å²) in [5.41, 5.74) is 1.69. The first-order chi connectivity index (χ1) is 11.9. The third-order valence-electron chi connectivity index (χ3n) is 3.70. The zero-order valence-electron chi connectivity index (χ0n) is 14.3. The Labute approximate surface area is 148 Å². The van der Waals surface area contributed by atoms with Gasteiger partial charge in [-0.15, -0.1) is 0 Å². The van der Waals surface area contributed by atoms with Crippen molar-refractivity contribution in [2.24, 2.45) is 0 Å². The van der Waals surface area contributed by atoms with Crippen molar-refractivity contribution in [3.05, 3.63) is 59.7 Å². The van der Waals surface area contributed by atoms with Crippen LogP contribution in [0.15, 0.2) is 53.4 Å². The van der Waals surface area contributed by atoms with Crippen molar-refractivity contribution in [2.45, 2.75) is 18.2 Å². The molecule has 0 aromatic heterocycles. The molecule has 0 heterocycles. The number of carbonyl (C=O) groups excluding carboxylic acids is 1. The molecule has 2 aromatic carbocycles. The second-order valence-corrected chi connectivity index (χ2v) is 7.27. The maximum Gasteiger partial charge on any atom is 0.241 e. The second-order valence-electron chi connectivity index (χ2n) is 5.54. The third-order valence-corrected chi connectivity index (χ3v) is 5.26. The molecule has 0 saturated carbocycles. The van der Waals surface area contributed by atoms with Crippen LogP contribution in [0.3, 0.4) is 0 Å². The molecule has 2 rings (SSSR count). The summed E-state index contributed by atoms with van der Waals surface area (Å²) in [4.78, 5) is 12.0. The highest BCUT2D eigenvalue weighted by atomic mass is 32.2. The smallest absolute Gasteiger partial charge is 0.241 e. The molecule has 7 heteroatoms. The molecule has 0 bridgehead atoms. The highest BCUT2D eigenvalue weighted by Gasteiger charge is 2.17. The summed E-state index contributed by atoms with van der Waals surface area (Å²) in [5, 5.41) is 2.70. The van der Waals surface area contributed by atoms with Gasteiger partial charge >= 0.3 is 0 Å². The van der Waals surface area contributed by atoms with Gasteiger partial charge in [-0.3, -0.25) is 4.79 Å². The van der Waals surface area contributed by atoms with Crippen molar-refractivity contribution in [1.82, 2.24) is 10.0 Å². The van der Waals surface area contributed by atoms with Crippen LogP contribution in [0.2, 0.25) is 0 Å². The molecule has 1 amide bonds. The molecule has 134 valence electrons. The minimum atomic E-state index is -3.70. The van der Waals surface area contributed by atoms with E-state index in [1.54, 1.807) is 32.2 Å². The van der Waals surface area contributed by atoms with Crippen LogP contribution in [0.4, 0.5) is 0 Å². The molecule has 0 fully saturated rings. The van der Waals surface area contributed by atoms with Crippen LogP contribution in [-0.2, 0) is 21.2 Å². The Morgan fingerprint density at radius 1 is 1.08 bits per heavy atom. The number of benzene rings is 2. The van der Waals surface area contributed by atoms with E-state index in [0.29, 0.717) is 18.5 Å². The van der Waals surface area contributed by atoms with Crippen LogP contribution < -0.4 is 14.8 Å². The Hall–Kier alpha value is -2.38. The van der Waals surface area contributed by atoms with E-state index in [2.05, 4.69) is 10.0 Å². The van der Waals surface area contributed by atoms with Gasteiger partial charge in [0.05, 0.1) is 18.6 Å². The van der Waals surface area contributed by atoms with Gasteiger partial charge in [0.1, 0.15) is 5.75 Å². The van der Waals surface area contributed by atoms with E-state index >= 15 is 0 Å². The predicted octanol–water partition coefficient (Wildman–Crippen LogP) is 1.64. The Balaban J connectivity index is 1.79. The summed E-state index contributed by atoms with van der Waals surface area (Å²) in [7, 11) is -2.09. The van der Waals surface area contributed by atoms with E-state index in [9.17, 15) is 13.2 Å². The third kappa shape index (κ3) is 5.58. The van der Waals surface area contributed by atoms with Crippen molar-refractivity contribution in [3.63, 3.8) is 0 Å². The van der Waals surface area contributed by atoms with Gasteiger partial charge in [-0.25, -0.2) is 13.1 Å². The summed E-state index contributed by atoms with van der Waals surface area (Å²) in [6, 6.07) is 14.2. The van der Waals surface area contributed by atoms with Crippen molar-refractivity contribution in [3.8, 4) is 5.75 Å². The largest absolute Gasteiger partial charge is 0.497 e. The van der Waals surface area contributed by atoms with Crippen LogP contribution in [0.5, 0.6) is 5.75 Å². The number of rotatable bonds is 8. The van der Waals surface area contributed by atoms with E-state index in [1.807, 2.05) is 24.3 Å². The monoisotopic (exact) mass is 362 g/mol. The van der Waals surface area contributed by atoms with E-state index in [-0.39, 0.29) is 17.3 Å². The van der Waals surface area contributed by atoms with Crippen molar-refractivity contribution < 1.29 is 17.9 Å². The Kier molecular flexibility index (Phi) is 6.55. The van der Waals surface area contributed by atoms with E-state index in [4.69, 9.17) is 4.74 Å². The maximum atomic E-state index is 12.2. The van der Waals surface area contributed by atoms with Gasteiger partial charge in [0.2, 0.25) is 15.9 Å².